The molecule has 0 N–H and O–H groups in total. The van der Waals surface area contributed by atoms with Crippen molar-refractivity contribution in [3.8, 4) is 0 Å². The third-order valence-electron chi connectivity index (χ3n) is 2.94. The molecule has 0 atom stereocenters. The van der Waals surface area contributed by atoms with Crippen LogP contribution in [-0.4, -0.2) is 62.2 Å². The van der Waals surface area contributed by atoms with Gasteiger partial charge in [0.15, 0.2) is 0 Å². The van der Waals surface area contributed by atoms with Crippen LogP contribution in [0.1, 0.15) is 27.7 Å². The molecule has 0 unspecified atom stereocenters. The van der Waals surface area contributed by atoms with Crippen LogP contribution in [0.3, 0.4) is 0 Å². The Morgan fingerprint density at radius 1 is 0.778 bits per heavy atom. The number of hydrogen-bond acceptors (Lipinski definition) is 2. The van der Waals surface area contributed by atoms with Gasteiger partial charge in [0.1, 0.15) is 0 Å². The van der Waals surface area contributed by atoms with Crippen molar-refractivity contribution >= 4 is 20.3 Å². The Morgan fingerprint density at radius 3 is 1.28 bits per heavy atom. The summed E-state index contributed by atoms with van der Waals surface area (Å²) < 4.78 is 0. The molecule has 0 heterocycles. The van der Waals surface area contributed by atoms with Crippen LogP contribution < -0.4 is 0 Å². The third-order valence-corrected chi connectivity index (χ3v) is 2.94. The summed E-state index contributed by atoms with van der Waals surface area (Å²) in [4.78, 5) is 4.84. The second-order valence-corrected chi connectivity index (χ2v) is 5.49. The number of rotatable bonds is 10. The van der Waals surface area contributed by atoms with Gasteiger partial charge in [0.05, 0.1) is 0 Å². The first kappa shape index (κ1) is 21.3. The number of halogens is 2. The summed E-state index contributed by atoms with van der Waals surface area (Å²) in [5.74, 6) is 0. The summed E-state index contributed by atoms with van der Waals surface area (Å²) in [5, 5.41) is 4.56. The first-order valence-electron chi connectivity index (χ1n) is 6.61. The van der Waals surface area contributed by atoms with E-state index in [1.165, 1.54) is 0 Å². The SMILES string of the molecule is CCN(CC)CC[N-]CCN(CC)CC.[Cl][Co][Cl]. The van der Waals surface area contributed by atoms with Crippen LogP contribution in [0.25, 0.3) is 5.32 Å². The van der Waals surface area contributed by atoms with Gasteiger partial charge in [0, 0.05) is 0 Å². The number of hydrogen-bond donors (Lipinski definition) is 0. The minimum atomic E-state index is 0.382. The molecule has 0 aliphatic heterocycles. The van der Waals surface area contributed by atoms with Crippen LogP contribution in [-0.2, 0) is 12.9 Å². The van der Waals surface area contributed by atoms with Crippen LogP contribution in [0.15, 0.2) is 0 Å². The maximum absolute atomic E-state index is 4.73. The van der Waals surface area contributed by atoms with Crippen LogP contribution >= 0.6 is 20.3 Å². The van der Waals surface area contributed by atoms with Gasteiger partial charge in [-0.1, -0.05) is 27.7 Å². The normalized spacial score (nSPS) is 10.9. The Labute approximate surface area is 128 Å². The molecule has 0 aliphatic rings. The third kappa shape index (κ3) is 15.0. The van der Waals surface area contributed by atoms with Crippen LogP contribution in [0.4, 0.5) is 0 Å². The monoisotopic (exact) mass is 343 g/mol. The summed E-state index contributed by atoms with van der Waals surface area (Å²) in [6, 6.07) is 0. The maximum atomic E-state index is 4.73. The van der Waals surface area contributed by atoms with Crippen LogP contribution in [0.5, 0.6) is 0 Å². The van der Waals surface area contributed by atoms with Gasteiger partial charge in [-0.05, 0) is 39.3 Å². The standard InChI is InChI=1S/C12H28N3.2ClH.Co/c1-5-14(6-2)11-9-13-10-12-15(7-3)8-4;;;/h5-12H2,1-4H3;2*1H;/q-1;;;+2/p-2. The first-order chi connectivity index (χ1) is 8.69. The predicted octanol–water partition coefficient (Wildman–Crippen LogP) is 3.42. The summed E-state index contributed by atoms with van der Waals surface area (Å²) >= 11 is 0.382. The molecule has 115 valence electrons. The van der Waals surface area contributed by atoms with Crippen LogP contribution in [0, 0.1) is 0 Å². The average molecular weight is 344 g/mol. The van der Waals surface area contributed by atoms with E-state index in [0.717, 1.165) is 52.4 Å². The zero-order chi connectivity index (χ0) is 14.2. The number of nitrogens with zero attached hydrogens (tertiary/aromatic N) is 3. The van der Waals surface area contributed by atoms with Gasteiger partial charge in [-0.2, -0.15) is 0 Å². The molecular weight excluding hydrogens is 316 g/mol. The van der Waals surface area contributed by atoms with Crippen molar-refractivity contribution in [2.24, 2.45) is 0 Å². The molecule has 18 heavy (non-hydrogen) atoms. The molecule has 0 bridgehead atoms. The second-order valence-electron chi connectivity index (χ2n) is 3.77. The molecule has 3 nitrogen and oxygen atoms in total. The Kier molecular flexibility index (Phi) is 21.2. The van der Waals surface area contributed by atoms with Crippen molar-refractivity contribution in [1.82, 2.24) is 9.80 Å². The van der Waals surface area contributed by atoms with Crippen molar-refractivity contribution in [2.75, 3.05) is 52.4 Å². The fraction of sp³-hybridized carbons (Fsp3) is 1.00. The Hall–Kier alpha value is 0.966. The Morgan fingerprint density at radius 2 is 1.06 bits per heavy atom. The van der Waals surface area contributed by atoms with E-state index in [2.05, 4.69) is 42.8 Å². The van der Waals surface area contributed by atoms with Crippen molar-refractivity contribution in [1.29, 1.82) is 0 Å². The molecule has 6 heteroatoms. The fourth-order valence-corrected chi connectivity index (χ4v) is 1.62. The molecule has 0 radical (unpaired) electrons. The van der Waals surface area contributed by atoms with Crippen molar-refractivity contribution < 1.29 is 12.9 Å². The van der Waals surface area contributed by atoms with Crippen molar-refractivity contribution in [3.05, 3.63) is 5.32 Å². The average Bonchev–Trinajstić information content (AvgIpc) is 2.39. The van der Waals surface area contributed by atoms with E-state index in [4.69, 9.17) is 20.3 Å². The van der Waals surface area contributed by atoms with E-state index >= 15 is 0 Å². The second kappa shape index (κ2) is 18.0. The van der Waals surface area contributed by atoms with Gasteiger partial charge in [-0.3, -0.25) is 0 Å². The Bertz CT molecular complexity index is 131. The van der Waals surface area contributed by atoms with E-state index in [0.29, 0.717) is 12.9 Å². The summed E-state index contributed by atoms with van der Waals surface area (Å²) in [6.07, 6.45) is 0. The summed E-state index contributed by atoms with van der Waals surface area (Å²) in [5.41, 5.74) is 0. The molecule has 0 fully saturated rings. The van der Waals surface area contributed by atoms with Gasteiger partial charge in [0.25, 0.3) is 0 Å². The quantitative estimate of drug-likeness (QED) is 0.566. The van der Waals surface area contributed by atoms with E-state index in [-0.39, 0.29) is 0 Å². The molecule has 0 aromatic rings. The van der Waals surface area contributed by atoms with Gasteiger partial charge in [-0.15, -0.1) is 13.1 Å². The van der Waals surface area contributed by atoms with E-state index in [1.807, 2.05) is 0 Å². The molecule has 0 amide bonds. The van der Waals surface area contributed by atoms with Gasteiger partial charge < -0.3 is 15.1 Å². The molecular formula is C12H28Cl2CoN3-. The van der Waals surface area contributed by atoms with E-state index in [1.54, 1.807) is 0 Å². The molecule has 0 saturated carbocycles. The van der Waals surface area contributed by atoms with Gasteiger partial charge in [0.2, 0.25) is 0 Å². The predicted molar refractivity (Wildman–Crippen MR) is 80.4 cm³/mol. The molecule has 0 saturated heterocycles. The molecule has 0 aromatic heterocycles. The van der Waals surface area contributed by atoms with Crippen LogP contribution in [0.2, 0.25) is 0 Å². The summed E-state index contributed by atoms with van der Waals surface area (Å²) in [7, 11) is 9.47. The zero-order valence-electron chi connectivity index (χ0n) is 12.1. The summed E-state index contributed by atoms with van der Waals surface area (Å²) in [6.45, 7) is 17.6. The van der Waals surface area contributed by atoms with Crippen molar-refractivity contribution in [2.45, 2.75) is 27.7 Å². The molecule has 0 rings (SSSR count). The fourth-order valence-electron chi connectivity index (χ4n) is 1.62. The zero-order valence-corrected chi connectivity index (χ0v) is 14.6. The molecule has 0 spiro atoms. The van der Waals surface area contributed by atoms with Crippen molar-refractivity contribution in [3.63, 3.8) is 0 Å². The Balaban J connectivity index is 0. The van der Waals surface area contributed by atoms with Gasteiger partial charge in [-0.25, -0.2) is 0 Å². The van der Waals surface area contributed by atoms with E-state index < -0.39 is 0 Å². The number of likely N-dealkylation sites (N-methyl/N-ethyl adjacent to an activating group) is 2. The topological polar surface area (TPSA) is 20.6 Å². The van der Waals surface area contributed by atoms with Gasteiger partial charge >= 0.3 is 33.2 Å². The first-order valence-corrected chi connectivity index (χ1v) is 9.48. The molecule has 0 aromatic carbocycles. The minimum absolute atomic E-state index is 0.382. The van der Waals surface area contributed by atoms with E-state index in [9.17, 15) is 0 Å². The molecule has 0 aliphatic carbocycles.